The summed E-state index contributed by atoms with van der Waals surface area (Å²) in [6, 6.07) is -6.39. The highest BCUT2D eigenvalue weighted by atomic mass is 16.8. The van der Waals surface area contributed by atoms with Gasteiger partial charge in [-0.05, 0) is 0 Å². The predicted octanol–water partition coefficient (Wildman–Crippen LogP) is -16.7. The van der Waals surface area contributed by atoms with Gasteiger partial charge in [-0.2, -0.15) is 0 Å². The summed E-state index contributed by atoms with van der Waals surface area (Å²) in [6.07, 6.45) is -62.7. The van der Waals surface area contributed by atoms with Gasteiger partial charge in [0.25, 0.3) is 0 Å². The summed E-state index contributed by atoms with van der Waals surface area (Å²) in [5.41, 5.74) is 0. The molecular weight excluding hydrogens is 1290 g/mol. The smallest absolute Gasteiger partial charge is 0.217 e. The molecule has 0 radical (unpaired) electrons. The molecule has 94 heavy (non-hydrogen) atoms. The van der Waals surface area contributed by atoms with Gasteiger partial charge in [-0.15, -0.1) is 0 Å². The average Bonchev–Trinajstić information content (AvgIpc) is 0.779. The molecule has 7 aliphatic heterocycles. The fraction of sp³-hybridized carbons (Fsp3) is 0.923. The van der Waals surface area contributed by atoms with E-state index in [-0.39, 0.29) is 6.41 Å². The molecule has 0 aromatic heterocycles. The zero-order valence-corrected chi connectivity index (χ0v) is 50.5. The number of ether oxygens (including phenoxy) is 14. The van der Waals surface area contributed by atoms with Crippen LogP contribution in [0, 0.1) is 0 Å². The minimum Gasteiger partial charge on any atom is -0.394 e. The topological polar surface area (TPSA) is 650 Å². The van der Waals surface area contributed by atoms with Crippen LogP contribution < -0.4 is 21.3 Å². The molecular formula is C52H88N4O38. The molecule has 7 rings (SSSR count). The van der Waals surface area contributed by atoms with Crippen LogP contribution in [0.4, 0.5) is 0 Å². The Balaban J connectivity index is 1.16. The first-order valence-corrected chi connectivity index (χ1v) is 29.8. The van der Waals surface area contributed by atoms with E-state index in [1.807, 2.05) is 0 Å². The number of rotatable bonds is 28. The van der Waals surface area contributed by atoms with E-state index in [1.165, 1.54) is 0 Å². The molecule has 0 aromatic carbocycles. The number of aliphatic hydroxyl groups excluding tert-OH is 20. The molecule has 7 aliphatic rings. The third-order valence-electron chi connectivity index (χ3n) is 16.7. The second-order valence-corrected chi connectivity index (χ2v) is 23.3. The lowest BCUT2D eigenvalue weighted by Gasteiger charge is -2.51. The Morgan fingerprint density at radius 1 is 0.351 bits per heavy atom. The lowest BCUT2D eigenvalue weighted by atomic mass is 9.93. The highest BCUT2D eigenvalue weighted by Crippen LogP contribution is 2.38. The van der Waals surface area contributed by atoms with Crippen molar-refractivity contribution in [2.45, 2.75) is 242 Å². The molecule has 42 nitrogen and oxygen atoms in total. The van der Waals surface area contributed by atoms with E-state index in [4.69, 9.17) is 66.3 Å². The lowest BCUT2D eigenvalue weighted by molar-refractivity contribution is -0.389. The maximum Gasteiger partial charge on any atom is 0.217 e. The number of carbonyl (C=O) groups is 4. The number of hydrogen-bond donors (Lipinski definition) is 24. The number of nitrogens with one attached hydrogen (secondary N) is 4. The van der Waals surface area contributed by atoms with Gasteiger partial charge in [-0.3, -0.25) is 19.2 Å². The van der Waals surface area contributed by atoms with Gasteiger partial charge in [0.15, 0.2) is 44.0 Å². The first-order chi connectivity index (χ1) is 44.6. The molecule has 7 fully saturated rings. The zero-order valence-electron chi connectivity index (χ0n) is 50.5. The monoisotopic (exact) mass is 1380 g/mol. The fourth-order valence-corrected chi connectivity index (χ4v) is 11.7. The van der Waals surface area contributed by atoms with Gasteiger partial charge in [0.2, 0.25) is 24.1 Å². The summed E-state index contributed by atoms with van der Waals surface area (Å²) in [7, 11) is 0. The number of carbonyl (C=O) groups excluding carboxylic acids is 4. The SMILES string of the molecule is CC(=O)N[C@H]1[C@H](O[C@H]2[C@@H](O)[C@@H](CO[C@@H]3O[C@H](CO)[C@@H](O)[C@H](O)[C@H]3NC(C)=O)O[C@@H](O[C@H]3[C@H](O)[C@@H](NC(C)=O)[C@H](O[C@H]4[C@@H](O)[C@@H](CO)O[C@@H](O[C@H]5[C@H](O)[C@@H](O)[C@H](OC[C@@H](CO)NC=O)O[C@@H]5CO)[C@@H]4O)O[C@@H]3CO)[C@@H]2O)O[C@H](CO)[C@@H](O[C@@H]2O[C@H](CO)[C@H](O)[C@H](O)[C@H]2O)[C@@H]1O. The second-order valence-electron chi connectivity index (χ2n) is 23.3. The highest BCUT2D eigenvalue weighted by molar-refractivity contribution is 5.74. The minimum absolute atomic E-state index is 0.262. The third-order valence-corrected chi connectivity index (χ3v) is 16.7. The van der Waals surface area contributed by atoms with Gasteiger partial charge in [-0.1, -0.05) is 0 Å². The summed E-state index contributed by atoms with van der Waals surface area (Å²) >= 11 is 0. The van der Waals surface area contributed by atoms with Crippen LogP contribution in [0.1, 0.15) is 20.8 Å². The van der Waals surface area contributed by atoms with Crippen LogP contribution >= 0.6 is 0 Å². The van der Waals surface area contributed by atoms with Gasteiger partial charge in [0, 0.05) is 20.8 Å². The first-order valence-electron chi connectivity index (χ1n) is 29.8. The van der Waals surface area contributed by atoms with E-state index < -0.39 is 298 Å². The van der Waals surface area contributed by atoms with Crippen LogP contribution in [0.5, 0.6) is 0 Å². The van der Waals surface area contributed by atoms with Gasteiger partial charge in [0.1, 0.15) is 171 Å². The van der Waals surface area contributed by atoms with Crippen molar-refractivity contribution in [1.82, 2.24) is 21.3 Å². The van der Waals surface area contributed by atoms with Crippen molar-refractivity contribution in [3.05, 3.63) is 0 Å². The molecule has 0 saturated carbocycles. The Kier molecular flexibility index (Phi) is 29.0. The fourth-order valence-electron chi connectivity index (χ4n) is 11.7. The molecule has 42 heteroatoms. The molecule has 7 heterocycles. The molecule has 24 N–H and O–H groups in total. The van der Waals surface area contributed by atoms with Gasteiger partial charge in [0.05, 0.1) is 65.5 Å². The van der Waals surface area contributed by atoms with E-state index in [1.54, 1.807) is 0 Å². The second kappa shape index (κ2) is 35.0. The molecule has 0 aromatic rings. The Hall–Kier alpha value is -3.48. The van der Waals surface area contributed by atoms with Crippen LogP contribution in [0.15, 0.2) is 0 Å². The minimum atomic E-state index is -2.39. The Bertz CT molecular complexity index is 2370. The normalized spacial score (nSPS) is 46.4. The van der Waals surface area contributed by atoms with Crippen molar-refractivity contribution in [3.63, 3.8) is 0 Å². The van der Waals surface area contributed by atoms with E-state index in [2.05, 4.69) is 21.3 Å². The van der Waals surface area contributed by atoms with Crippen molar-refractivity contribution in [2.24, 2.45) is 0 Å². The standard InChI is InChI=1S/C52H88N4O38/c1-14(65)54-25-32(72)28(68)18(5-58)83-46(25)82-12-24-31(71)45(94-48-26(55-15(2)66)33(73)41(21(8-61)86-48)90-50-37(77)35(75)29(69)19(6-59)84-50)40(80)52(89-24)91-42-22(9-62)87-47(27(34(42)74)56-16(3)67)93-44-30(70)20(7-60)85-51(39(44)79)92-43-23(10-63)88-49(38(78)36(43)76)81-11-17(4-57)53-13-64/h13,17-52,57-63,68-80H,4-12H2,1-3H3,(H,53,64)(H,54,65)(H,55,66)(H,56,67)/t17-,18-,19-,20-,21-,22-,23-,24-,25-,26-,27-,28-,29+,30+,31+,32-,33-,34-,35+,36-,37-,38-,39-,40-,41-,42-,43-,44+,45+,46-,47+,48+,49-,50+,51+,52+/m1/s1. The van der Waals surface area contributed by atoms with Crippen molar-refractivity contribution < 1.29 is 188 Å². The predicted molar refractivity (Wildman–Crippen MR) is 290 cm³/mol. The Morgan fingerprint density at radius 3 is 1.10 bits per heavy atom. The van der Waals surface area contributed by atoms with Crippen LogP contribution in [0.2, 0.25) is 0 Å². The quantitative estimate of drug-likeness (QED) is 0.0324. The van der Waals surface area contributed by atoms with E-state index >= 15 is 0 Å². The van der Waals surface area contributed by atoms with Gasteiger partial charge < -0.3 is 190 Å². The zero-order chi connectivity index (χ0) is 69.3. The summed E-state index contributed by atoms with van der Waals surface area (Å²) in [5, 5.41) is 228. The molecule has 36 atom stereocenters. The average molecular weight is 1380 g/mol. The van der Waals surface area contributed by atoms with Gasteiger partial charge in [-0.25, -0.2) is 0 Å². The molecule has 0 spiro atoms. The van der Waals surface area contributed by atoms with E-state index in [0.717, 1.165) is 20.8 Å². The number of amides is 4. The van der Waals surface area contributed by atoms with Crippen molar-refractivity contribution in [2.75, 3.05) is 59.5 Å². The maximum atomic E-state index is 12.9. The van der Waals surface area contributed by atoms with Gasteiger partial charge >= 0.3 is 0 Å². The van der Waals surface area contributed by atoms with E-state index in [0.29, 0.717) is 0 Å². The Morgan fingerprint density at radius 2 is 0.681 bits per heavy atom. The molecule has 544 valence electrons. The van der Waals surface area contributed by atoms with Crippen molar-refractivity contribution >= 4 is 24.1 Å². The van der Waals surface area contributed by atoms with Crippen LogP contribution in [-0.4, -0.2) is 407 Å². The molecule has 0 unspecified atom stereocenters. The summed E-state index contributed by atoms with van der Waals surface area (Å²) in [6.45, 7) is -5.18. The summed E-state index contributed by atoms with van der Waals surface area (Å²) in [4.78, 5) is 49.0. The maximum absolute atomic E-state index is 12.9. The third kappa shape index (κ3) is 17.7. The highest BCUT2D eigenvalue weighted by Gasteiger charge is 2.59. The van der Waals surface area contributed by atoms with Crippen LogP contribution in [-0.2, 0) is 85.5 Å². The van der Waals surface area contributed by atoms with Crippen molar-refractivity contribution in [1.29, 1.82) is 0 Å². The Labute approximate surface area is 533 Å². The van der Waals surface area contributed by atoms with Crippen LogP contribution in [0.25, 0.3) is 0 Å². The number of hydrogen-bond acceptors (Lipinski definition) is 38. The van der Waals surface area contributed by atoms with Crippen molar-refractivity contribution in [3.8, 4) is 0 Å². The van der Waals surface area contributed by atoms with E-state index in [9.17, 15) is 121 Å². The molecule has 0 bridgehead atoms. The largest absolute Gasteiger partial charge is 0.394 e. The summed E-state index contributed by atoms with van der Waals surface area (Å²) < 4.78 is 81.5. The first kappa shape index (κ1) is 77.9. The van der Waals surface area contributed by atoms with Crippen LogP contribution in [0.3, 0.4) is 0 Å². The molecule has 7 saturated heterocycles. The molecule has 0 aliphatic carbocycles. The summed E-state index contributed by atoms with van der Waals surface area (Å²) in [5.74, 6) is -2.62. The number of aliphatic hydroxyl groups is 20. The lowest BCUT2D eigenvalue weighted by Crippen LogP contribution is -2.71. The molecule has 4 amide bonds.